The van der Waals surface area contributed by atoms with Gasteiger partial charge >= 0.3 is 6.03 Å². The molecule has 0 unspecified atom stereocenters. The normalized spacial score (nSPS) is 10.7. The van der Waals surface area contributed by atoms with Crippen LogP contribution in [-0.4, -0.2) is 43.2 Å². The number of halogens is 1. The lowest BCUT2D eigenvalue weighted by molar-refractivity contribution is 0.262. The Morgan fingerprint density at radius 2 is 2.00 bits per heavy atom. The Morgan fingerprint density at radius 1 is 1.18 bits per heavy atom. The number of nitrogens with zero attached hydrogens (tertiary/aromatic N) is 2. The van der Waals surface area contributed by atoms with Crippen molar-refractivity contribution >= 4 is 39.8 Å². The number of benzene rings is 2. The molecule has 0 atom stereocenters. The second kappa shape index (κ2) is 9.54. The molecule has 2 N–H and O–H groups in total. The monoisotopic (exact) mass is 416 g/mol. The molecule has 8 heteroatoms. The minimum absolute atomic E-state index is 0.376. The van der Waals surface area contributed by atoms with Crippen molar-refractivity contribution < 1.29 is 9.53 Å². The first kappa shape index (κ1) is 20.1. The van der Waals surface area contributed by atoms with Crippen LogP contribution in [0.25, 0.3) is 11.3 Å². The maximum Gasteiger partial charge on any atom is 0.325 e. The topological polar surface area (TPSA) is 66.5 Å². The van der Waals surface area contributed by atoms with Gasteiger partial charge in [-0.15, -0.1) is 11.3 Å². The van der Waals surface area contributed by atoms with Gasteiger partial charge in [-0.3, -0.25) is 5.32 Å². The lowest BCUT2D eigenvalue weighted by Gasteiger charge is -2.13. The van der Waals surface area contributed by atoms with Crippen molar-refractivity contribution in [2.75, 3.05) is 37.9 Å². The molecule has 3 rings (SSSR count). The summed E-state index contributed by atoms with van der Waals surface area (Å²) in [6.07, 6.45) is 0. The molecule has 0 saturated carbocycles. The van der Waals surface area contributed by atoms with E-state index in [0.29, 0.717) is 22.4 Å². The van der Waals surface area contributed by atoms with Crippen molar-refractivity contribution in [2.45, 2.75) is 0 Å². The van der Waals surface area contributed by atoms with E-state index in [1.165, 1.54) is 11.3 Å². The average Bonchev–Trinajstić information content (AvgIpc) is 3.10. The van der Waals surface area contributed by atoms with E-state index in [1.54, 1.807) is 24.3 Å². The number of ether oxygens (including phenoxy) is 1. The highest BCUT2D eigenvalue weighted by molar-refractivity contribution is 7.14. The highest BCUT2D eigenvalue weighted by Crippen LogP contribution is 2.32. The van der Waals surface area contributed by atoms with Crippen molar-refractivity contribution in [1.29, 1.82) is 0 Å². The van der Waals surface area contributed by atoms with Gasteiger partial charge in [-0.05, 0) is 44.4 Å². The summed E-state index contributed by atoms with van der Waals surface area (Å²) in [6, 6.07) is 14.3. The Hall–Kier alpha value is -2.61. The Labute approximate surface area is 173 Å². The molecule has 0 aliphatic heterocycles. The molecule has 3 aromatic rings. The zero-order valence-corrected chi connectivity index (χ0v) is 17.2. The number of para-hydroxylation sites is 1. The molecular weight excluding hydrogens is 396 g/mol. The van der Waals surface area contributed by atoms with Crippen LogP contribution >= 0.6 is 22.9 Å². The standard InChI is InChI=1S/C20H21ClN4O2S/c1-25(2)10-11-27-18-9-4-3-8-16(18)17-13-28-20(23-17)24-19(26)22-15-7-5-6-14(21)12-15/h3-9,12-13H,10-11H2,1-2H3,(H2,22,23,24,26). The van der Waals surface area contributed by atoms with Crippen molar-refractivity contribution in [3.8, 4) is 17.0 Å². The third-order valence-electron chi connectivity index (χ3n) is 3.77. The van der Waals surface area contributed by atoms with Crippen molar-refractivity contribution in [1.82, 2.24) is 9.88 Å². The molecular formula is C20H21ClN4O2S. The third kappa shape index (κ3) is 5.69. The van der Waals surface area contributed by atoms with Gasteiger partial charge in [0.05, 0.1) is 5.69 Å². The maximum absolute atomic E-state index is 12.2. The second-order valence-corrected chi connectivity index (χ2v) is 7.57. The number of rotatable bonds is 7. The molecule has 2 amide bonds. The van der Waals surface area contributed by atoms with E-state index in [-0.39, 0.29) is 6.03 Å². The summed E-state index contributed by atoms with van der Waals surface area (Å²) in [5.41, 5.74) is 2.26. The maximum atomic E-state index is 12.2. The zero-order valence-electron chi connectivity index (χ0n) is 15.6. The van der Waals surface area contributed by atoms with Gasteiger partial charge in [0.25, 0.3) is 0 Å². The van der Waals surface area contributed by atoms with Gasteiger partial charge in [0.1, 0.15) is 12.4 Å². The Morgan fingerprint density at radius 3 is 2.79 bits per heavy atom. The number of hydrogen-bond donors (Lipinski definition) is 2. The molecule has 0 bridgehead atoms. The number of anilines is 2. The van der Waals surface area contributed by atoms with Crippen LogP contribution in [0.3, 0.4) is 0 Å². The minimum atomic E-state index is -0.376. The van der Waals surface area contributed by atoms with Crippen molar-refractivity contribution in [3.05, 3.63) is 58.9 Å². The zero-order chi connectivity index (χ0) is 19.9. The molecule has 0 spiro atoms. The lowest BCUT2D eigenvalue weighted by atomic mass is 10.1. The summed E-state index contributed by atoms with van der Waals surface area (Å²) >= 11 is 7.28. The summed E-state index contributed by atoms with van der Waals surface area (Å²) in [5, 5.41) is 8.42. The molecule has 0 aliphatic rings. The second-order valence-electron chi connectivity index (χ2n) is 6.28. The highest BCUT2D eigenvalue weighted by Gasteiger charge is 2.12. The van der Waals surface area contributed by atoms with E-state index in [9.17, 15) is 4.79 Å². The van der Waals surface area contributed by atoms with E-state index in [1.807, 2.05) is 43.7 Å². The summed E-state index contributed by atoms with van der Waals surface area (Å²) in [6.45, 7) is 1.41. The third-order valence-corrected chi connectivity index (χ3v) is 4.76. The van der Waals surface area contributed by atoms with Crippen LogP contribution in [0.5, 0.6) is 5.75 Å². The van der Waals surface area contributed by atoms with Crippen LogP contribution in [0, 0.1) is 0 Å². The minimum Gasteiger partial charge on any atom is -0.492 e. The number of carbonyl (C=O) groups excluding carboxylic acids is 1. The van der Waals surface area contributed by atoms with Gasteiger partial charge < -0.3 is 15.0 Å². The smallest absolute Gasteiger partial charge is 0.325 e. The predicted molar refractivity (Wildman–Crippen MR) is 116 cm³/mol. The molecule has 146 valence electrons. The van der Waals surface area contributed by atoms with Gasteiger partial charge in [0.2, 0.25) is 0 Å². The molecule has 0 fully saturated rings. The molecule has 2 aromatic carbocycles. The van der Waals surface area contributed by atoms with Crippen molar-refractivity contribution in [2.24, 2.45) is 0 Å². The van der Waals surface area contributed by atoms with Crippen molar-refractivity contribution in [3.63, 3.8) is 0 Å². The quantitative estimate of drug-likeness (QED) is 0.565. The van der Waals surface area contributed by atoms with Crippen LogP contribution < -0.4 is 15.4 Å². The van der Waals surface area contributed by atoms with E-state index < -0.39 is 0 Å². The fourth-order valence-corrected chi connectivity index (χ4v) is 3.32. The fraction of sp³-hybridized carbons (Fsp3) is 0.200. The Balaban J connectivity index is 1.66. The first-order valence-electron chi connectivity index (χ1n) is 8.67. The predicted octanol–water partition coefficient (Wildman–Crippen LogP) is 5.05. The van der Waals surface area contributed by atoms with Crippen LogP contribution in [-0.2, 0) is 0 Å². The van der Waals surface area contributed by atoms with Gasteiger partial charge in [-0.1, -0.05) is 29.8 Å². The number of urea groups is 1. The van der Waals surface area contributed by atoms with E-state index in [0.717, 1.165) is 23.6 Å². The number of aromatic nitrogens is 1. The first-order chi connectivity index (χ1) is 13.5. The highest BCUT2D eigenvalue weighted by atomic mass is 35.5. The van der Waals surface area contributed by atoms with E-state index in [2.05, 4.69) is 20.5 Å². The molecule has 1 heterocycles. The molecule has 28 heavy (non-hydrogen) atoms. The summed E-state index contributed by atoms with van der Waals surface area (Å²) in [7, 11) is 4.00. The largest absolute Gasteiger partial charge is 0.492 e. The molecule has 1 aromatic heterocycles. The Kier molecular flexibility index (Phi) is 6.86. The van der Waals surface area contributed by atoms with Crippen LogP contribution in [0.1, 0.15) is 0 Å². The van der Waals surface area contributed by atoms with Crippen LogP contribution in [0.4, 0.5) is 15.6 Å². The summed E-state index contributed by atoms with van der Waals surface area (Å²) < 4.78 is 5.89. The summed E-state index contributed by atoms with van der Waals surface area (Å²) in [4.78, 5) is 18.8. The molecule has 0 saturated heterocycles. The van der Waals surface area contributed by atoms with Gasteiger partial charge in [0.15, 0.2) is 5.13 Å². The van der Waals surface area contributed by atoms with E-state index >= 15 is 0 Å². The fourth-order valence-electron chi connectivity index (χ4n) is 2.42. The van der Waals surface area contributed by atoms with E-state index in [4.69, 9.17) is 16.3 Å². The number of nitrogens with one attached hydrogen (secondary N) is 2. The summed E-state index contributed by atoms with van der Waals surface area (Å²) in [5.74, 6) is 0.768. The average molecular weight is 417 g/mol. The van der Waals surface area contributed by atoms with Gasteiger partial charge in [-0.25, -0.2) is 9.78 Å². The van der Waals surface area contributed by atoms with Crippen LogP contribution in [0.2, 0.25) is 5.02 Å². The number of likely N-dealkylation sites (N-methyl/N-ethyl adjacent to an activating group) is 1. The molecule has 0 aliphatic carbocycles. The first-order valence-corrected chi connectivity index (χ1v) is 9.93. The number of carbonyl (C=O) groups is 1. The van der Waals surface area contributed by atoms with Gasteiger partial charge in [-0.2, -0.15) is 0 Å². The van der Waals surface area contributed by atoms with Gasteiger partial charge in [0, 0.05) is 28.2 Å². The van der Waals surface area contributed by atoms with Crippen LogP contribution in [0.15, 0.2) is 53.9 Å². The number of thiazole rings is 1. The Bertz CT molecular complexity index is 945. The molecule has 6 nitrogen and oxygen atoms in total. The number of amides is 2. The SMILES string of the molecule is CN(C)CCOc1ccccc1-c1csc(NC(=O)Nc2cccc(Cl)c2)n1. The molecule has 0 radical (unpaired) electrons. The number of hydrogen-bond acceptors (Lipinski definition) is 5. The lowest BCUT2D eigenvalue weighted by Crippen LogP contribution is -2.19.